The quantitative estimate of drug-likeness (QED) is 0.633. The molecule has 3 fully saturated rings. The molecule has 32 heavy (non-hydrogen) atoms. The normalized spacial score (nSPS) is 28.7. The summed E-state index contributed by atoms with van der Waals surface area (Å²) in [5, 5.41) is 12.6. The first-order chi connectivity index (χ1) is 15.0. The molecule has 4 rings (SSSR count). The highest BCUT2D eigenvalue weighted by Crippen LogP contribution is 2.63. The van der Waals surface area contributed by atoms with Gasteiger partial charge < -0.3 is 15.0 Å². The van der Waals surface area contributed by atoms with Crippen LogP contribution in [0.2, 0.25) is 0 Å². The molecule has 1 aromatic rings. The largest absolute Gasteiger partial charge is 0.442 e. The summed E-state index contributed by atoms with van der Waals surface area (Å²) in [7, 11) is -3.40. The van der Waals surface area contributed by atoms with Crippen molar-refractivity contribution >= 4 is 33.4 Å². The van der Waals surface area contributed by atoms with Crippen LogP contribution < -0.4 is 10.2 Å². The zero-order chi connectivity index (χ0) is 23.3. The third-order valence-corrected chi connectivity index (χ3v) is 7.18. The van der Waals surface area contributed by atoms with E-state index in [1.165, 1.54) is 16.7 Å². The van der Waals surface area contributed by atoms with Crippen LogP contribution in [0.25, 0.3) is 0 Å². The topological polar surface area (TPSA) is 137 Å². The van der Waals surface area contributed by atoms with Crippen LogP contribution in [-0.4, -0.2) is 75.5 Å². The number of likely N-dealkylation sites (tertiary alicyclic amines) is 1. The number of ether oxygens (including phenoxy) is 1. The molecule has 2 heterocycles. The van der Waals surface area contributed by atoms with Gasteiger partial charge in [0.2, 0.25) is 11.8 Å². The van der Waals surface area contributed by atoms with Crippen molar-refractivity contribution in [2.75, 3.05) is 43.1 Å². The fourth-order valence-electron chi connectivity index (χ4n) is 4.82. The number of carbonyl (C=O) groups excluding carboxylic acids is 3. The lowest BCUT2D eigenvalue weighted by atomic mass is 9.91. The Hall–Kier alpha value is -3.13. The highest BCUT2D eigenvalue weighted by molar-refractivity contribution is 7.91. The van der Waals surface area contributed by atoms with Crippen LogP contribution in [0.1, 0.15) is 12.5 Å². The molecule has 0 aromatic heterocycles. The number of anilines is 1. The maximum Gasteiger partial charge on any atom is 0.414 e. The van der Waals surface area contributed by atoms with Crippen LogP contribution in [0.3, 0.4) is 0 Å². The summed E-state index contributed by atoms with van der Waals surface area (Å²) >= 11 is 0. The van der Waals surface area contributed by atoms with Crippen molar-refractivity contribution in [2.24, 2.45) is 11.8 Å². The van der Waals surface area contributed by atoms with Crippen LogP contribution in [0.5, 0.6) is 0 Å². The third-order valence-electron chi connectivity index (χ3n) is 6.41. The number of sulfone groups is 1. The molecule has 1 unspecified atom stereocenters. The van der Waals surface area contributed by atoms with E-state index in [1.807, 2.05) is 12.1 Å². The Morgan fingerprint density at radius 2 is 1.84 bits per heavy atom. The number of rotatable bonds is 6. The number of carbonyl (C=O) groups is 3. The second kappa shape index (κ2) is 7.78. The molecule has 1 aliphatic carbocycles. The number of nitriles is 1. The van der Waals surface area contributed by atoms with E-state index in [-0.39, 0.29) is 24.3 Å². The molecule has 170 valence electrons. The number of cyclic esters (lactones) is 1. The van der Waals surface area contributed by atoms with Gasteiger partial charge in [0.25, 0.3) is 0 Å². The van der Waals surface area contributed by atoms with Gasteiger partial charge in [0.15, 0.2) is 9.84 Å². The summed E-state index contributed by atoms with van der Waals surface area (Å²) < 4.78 is 28.1. The van der Waals surface area contributed by atoms with E-state index in [4.69, 9.17) is 4.74 Å². The van der Waals surface area contributed by atoms with Crippen molar-refractivity contribution in [1.82, 2.24) is 10.2 Å². The number of hydrogen-bond donors (Lipinski definition) is 1. The van der Waals surface area contributed by atoms with E-state index in [0.717, 1.165) is 11.8 Å². The van der Waals surface area contributed by atoms with Crippen LogP contribution in [0.15, 0.2) is 24.3 Å². The summed E-state index contributed by atoms with van der Waals surface area (Å²) in [5.41, 5.74) is 0.740. The average molecular weight is 461 g/mol. The Labute approximate surface area is 186 Å². The molecule has 10 nitrogen and oxygen atoms in total. The van der Waals surface area contributed by atoms with Gasteiger partial charge in [-0.3, -0.25) is 14.5 Å². The summed E-state index contributed by atoms with van der Waals surface area (Å²) in [6.07, 6.45) is 0.0994. The number of benzene rings is 1. The summed E-state index contributed by atoms with van der Waals surface area (Å²) in [4.78, 5) is 38.4. The van der Waals surface area contributed by atoms with Crippen molar-refractivity contribution < 1.29 is 27.5 Å². The zero-order valence-electron chi connectivity index (χ0n) is 17.8. The molecule has 11 heteroatoms. The zero-order valence-corrected chi connectivity index (χ0v) is 18.6. The first-order valence-electron chi connectivity index (χ1n) is 10.2. The minimum absolute atomic E-state index is 0.0411. The monoisotopic (exact) mass is 460 g/mol. The van der Waals surface area contributed by atoms with E-state index < -0.39 is 39.1 Å². The fraction of sp³-hybridized carbons (Fsp3) is 0.524. The highest BCUT2D eigenvalue weighted by Gasteiger charge is 2.70. The summed E-state index contributed by atoms with van der Waals surface area (Å²) in [6, 6.07) is 9.56. The van der Waals surface area contributed by atoms with Gasteiger partial charge in [-0.25, -0.2) is 13.2 Å². The second-order valence-electron chi connectivity index (χ2n) is 8.66. The number of piperidine rings is 1. The molecular weight excluding hydrogens is 436 g/mol. The maximum absolute atomic E-state index is 12.2. The average Bonchev–Trinajstić information content (AvgIpc) is 3.02. The van der Waals surface area contributed by atoms with Gasteiger partial charge in [-0.15, -0.1) is 0 Å². The van der Waals surface area contributed by atoms with Gasteiger partial charge in [0.1, 0.15) is 11.9 Å². The van der Waals surface area contributed by atoms with Gasteiger partial charge in [-0.05, 0) is 17.7 Å². The Balaban J connectivity index is 1.42. The Morgan fingerprint density at radius 1 is 1.22 bits per heavy atom. The van der Waals surface area contributed by atoms with Gasteiger partial charge >= 0.3 is 6.09 Å². The van der Waals surface area contributed by atoms with Crippen molar-refractivity contribution in [3.63, 3.8) is 0 Å². The molecule has 2 aliphatic heterocycles. The van der Waals surface area contributed by atoms with E-state index in [2.05, 4.69) is 11.4 Å². The van der Waals surface area contributed by atoms with Crippen LogP contribution in [0, 0.1) is 23.2 Å². The van der Waals surface area contributed by atoms with Crippen molar-refractivity contribution in [3.8, 4) is 6.07 Å². The predicted molar refractivity (Wildman–Crippen MR) is 113 cm³/mol. The minimum Gasteiger partial charge on any atom is -0.442 e. The fourth-order valence-corrected chi connectivity index (χ4v) is 5.45. The smallest absolute Gasteiger partial charge is 0.414 e. The molecule has 1 aromatic carbocycles. The number of nitrogens with one attached hydrogen (secondary N) is 1. The van der Waals surface area contributed by atoms with E-state index in [9.17, 15) is 28.1 Å². The molecule has 2 saturated heterocycles. The first kappa shape index (κ1) is 22.1. The first-order valence-corrected chi connectivity index (χ1v) is 12.3. The lowest BCUT2D eigenvalue weighted by Crippen LogP contribution is -2.38. The van der Waals surface area contributed by atoms with Gasteiger partial charge in [0, 0.05) is 43.8 Å². The predicted octanol–water partition coefficient (Wildman–Crippen LogP) is 0.0421. The molecule has 0 spiro atoms. The lowest BCUT2D eigenvalue weighted by Gasteiger charge is -2.23. The molecule has 1 N–H and O–H groups in total. The number of hydrogen-bond acceptors (Lipinski definition) is 7. The van der Waals surface area contributed by atoms with E-state index >= 15 is 0 Å². The molecule has 3 amide bonds. The van der Waals surface area contributed by atoms with Crippen molar-refractivity contribution in [2.45, 2.75) is 18.4 Å². The van der Waals surface area contributed by atoms with Gasteiger partial charge in [-0.1, -0.05) is 12.1 Å². The molecule has 0 radical (unpaired) electrons. The Kier molecular flexibility index (Phi) is 5.36. The Bertz CT molecular complexity index is 1100. The number of amides is 3. The van der Waals surface area contributed by atoms with Crippen molar-refractivity contribution in [1.29, 1.82) is 5.26 Å². The highest BCUT2D eigenvalue weighted by atomic mass is 32.2. The van der Waals surface area contributed by atoms with Crippen LogP contribution >= 0.6 is 0 Å². The molecule has 4 atom stereocenters. The number of fused-ring (bicyclic) bond motifs is 1. The minimum atomic E-state index is -3.40. The summed E-state index contributed by atoms with van der Waals surface area (Å²) in [6.45, 7) is 2.66. The number of nitrogens with zero attached hydrogens (tertiary/aromatic N) is 3. The van der Waals surface area contributed by atoms with Crippen LogP contribution in [0.4, 0.5) is 10.5 Å². The molecule has 3 aliphatic rings. The third kappa shape index (κ3) is 3.90. The van der Waals surface area contributed by atoms with E-state index in [0.29, 0.717) is 25.3 Å². The molecular formula is C21H24N4O6S. The summed E-state index contributed by atoms with van der Waals surface area (Å²) in [5.74, 6) is -1.22. The standard InChI is InChI=1S/C21H24N4O6S/c1-13(26)23-7-16-8-25(20(28)31-16)15-5-3-14(4-6-15)21(12-22)17-9-24(10-18(17)21)19(27)11-32(2,29)30/h3-6,16-18H,7-11H2,1-2H3,(H,23,26)/t16-,17-,18+,21?/m0/s1. The van der Waals surface area contributed by atoms with Crippen LogP contribution in [-0.2, 0) is 29.6 Å². The van der Waals surface area contributed by atoms with Gasteiger partial charge in [-0.2, -0.15) is 5.26 Å². The molecule has 1 saturated carbocycles. The second-order valence-corrected chi connectivity index (χ2v) is 10.8. The molecule has 0 bridgehead atoms. The lowest BCUT2D eigenvalue weighted by molar-refractivity contribution is -0.128. The van der Waals surface area contributed by atoms with Gasteiger partial charge in [0.05, 0.1) is 24.6 Å². The van der Waals surface area contributed by atoms with E-state index in [1.54, 1.807) is 12.1 Å². The van der Waals surface area contributed by atoms with Crippen molar-refractivity contribution in [3.05, 3.63) is 29.8 Å². The Morgan fingerprint density at radius 3 is 2.38 bits per heavy atom. The SMILES string of the molecule is CC(=O)NC[C@H]1CN(c2ccc(C3(C#N)[C@@H]4CN(C(=O)CS(C)(=O)=O)C[C@@H]43)cc2)C(=O)O1. The maximum atomic E-state index is 12.2.